The van der Waals surface area contributed by atoms with Gasteiger partial charge >= 0.3 is 0 Å². The number of aromatic nitrogens is 1. The van der Waals surface area contributed by atoms with Gasteiger partial charge in [-0.1, -0.05) is 11.6 Å². The Morgan fingerprint density at radius 3 is 2.72 bits per heavy atom. The second-order valence-corrected chi connectivity index (χ2v) is 6.50. The van der Waals surface area contributed by atoms with Crippen molar-refractivity contribution < 1.29 is 14.3 Å². The van der Waals surface area contributed by atoms with E-state index < -0.39 is 0 Å². The van der Waals surface area contributed by atoms with Crippen molar-refractivity contribution in [2.75, 3.05) is 31.6 Å². The third-order valence-electron chi connectivity index (χ3n) is 3.31. The van der Waals surface area contributed by atoms with Crippen LogP contribution in [0.4, 0.5) is 5.13 Å². The Bertz CT molecular complexity index is 677. The molecule has 0 aliphatic heterocycles. The Labute approximate surface area is 155 Å². The van der Waals surface area contributed by atoms with E-state index in [-0.39, 0.29) is 18.4 Å². The molecule has 0 fully saturated rings. The first-order chi connectivity index (χ1) is 12.1. The largest absolute Gasteiger partial charge is 0.382 e. The number of nitrogens with zero attached hydrogens (tertiary/aromatic N) is 2. The number of carbonyl (C=O) groups excluding carboxylic acids is 2. The van der Waals surface area contributed by atoms with Crippen LogP contribution in [0.5, 0.6) is 0 Å². The van der Waals surface area contributed by atoms with E-state index in [2.05, 4.69) is 10.3 Å². The fourth-order valence-electron chi connectivity index (χ4n) is 2.15. The molecule has 0 atom stereocenters. The van der Waals surface area contributed by atoms with Gasteiger partial charge in [-0.3, -0.25) is 9.59 Å². The van der Waals surface area contributed by atoms with Crippen molar-refractivity contribution in [3.05, 3.63) is 46.4 Å². The maximum Gasteiger partial charge on any atom is 0.254 e. The Hall–Kier alpha value is -1.96. The van der Waals surface area contributed by atoms with Gasteiger partial charge in [0.05, 0.1) is 0 Å². The van der Waals surface area contributed by atoms with Crippen molar-refractivity contribution in [1.82, 2.24) is 9.88 Å². The van der Waals surface area contributed by atoms with E-state index in [1.54, 1.807) is 35.8 Å². The van der Waals surface area contributed by atoms with Gasteiger partial charge in [0.25, 0.3) is 5.91 Å². The van der Waals surface area contributed by atoms with Crippen LogP contribution < -0.4 is 5.32 Å². The Kier molecular flexibility index (Phi) is 7.84. The molecular formula is C17H20ClN3O3S. The number of hydrogen-bond donors (Lipinski definition) is 1. The molecular weight excluding hydrogens is 362 g/mol. The summed E-state index contributed by atoms with van der Waals surface area (Å²) in [6.07, 6.45) is 2.26. The second-order valence-electron chi connectivity index (χ2n) is 5.17. The first-order valence-corrected chi connectivity index (χ1v) is 9.18. The smallest absolute Gasteiger partial charge is 0.254 e. The molecule has 0 radical (unpaired) electrons. The van der Waals surface area contributed by atoms with E-state index in [1.165, 1.54) is 16.2 Å². The lowest BCUT2D eigenvalue weighted by Gasteiger charge is -2.22. The monoisotopic (exact) mass is 381 g/mol. The Morgan fingerprint density at radius 2 is 2.08 bits per heavy atom. The summed E-state index contributed by atoms with van der Waals surface area (Å²) in [6.45, 7) is 3.45. The SMILES string of the molecule is CCOCCCN(CC(=O)Nc1nccs1)C(=O)c1ccc(Cl)cc1. The zero-order valence-corrected chi connectivity index (χ0v) is 15.5. The molecule has 0 aliphatic rings. The minimum absolute atomic E-state index is 0.0484. The molecule has 134 valence electrons. The summed E-state index contributed by atoms with van der Waals surface area (Å²) in [7, 11) is 0. The predicted molar refractivity (Wildman–Crippen MR) is 99.2 cm³/mol. The maximum absolute atomic E-state index is 12.7. The number of thiazole rings is 1. The third kappa shape index (κ3) is 6.45. The molecule has 25 heavy (non-hydrogen) atoms. The highest BCUT2D eigenvalue weighted by Gasteiger charge is 2.19. The van der Waals surface area contributed by atoms with Crippen LogP contribution in [0.2, 0.25) is 5.02 Å². The average Bonchev–Trinajstić information content (AvgIpc) is 3.10. The maximum atomic E-state index is 12.7. The van der Waals surface area contributed by atoms with Crippen LogP contribution in [0.15, 0.2) is 35.8 Å². The van der Waals surface area contributed by atoms with Crippen molar-refractivity contribution >= 4 is 39.9 Å². The van der Waals surface area contributed by atoms with Crippen molar-refractivity contribution in [3.63, 3.8) is 0 Å². The number of rotatable bonds is 9. The number of amides is 2. The fraction of sp³-hybridized carbons (Fsp3) is 0.353. The molecule has 0 spiro atoms. The molecule has 0 aliphatic carbocycles. The number of carbonyl (C=O) groups is 2. The molecule has 8 heteroatoms. The fourth-order valence-corrected chi connectivity index (χ4v) is 2.82. The summed E-state index contributed by atoms with van der Waals surface area (Å²) in [5, 5.41) is 5.53. The van der Waals surface area contributed by atoms with E-state index in [4.69, 9.17) is 16.3 Å². The molecule has 2 rings (SSSR count). The highest BCUT2D eigenvalue weighted by atomic mass is 35.5. The molecule has 0 saturated carbocycles. The number of benzene rings is 1. The number of anilines is 1. The lowest BCUT2D eigenvalue weighted by Crippen LogP contribution is -2.39. The van der Waals surface area contributed by atoms with Crippen LogP contribution in [-0.2, 0) is 9.53 Å². The van der Waals surface area contributed by atoms with Crippen molar-refractivity contribution in [2.24, 2.45) is 0 Å². The molecule has 0 bridgehead atoms. The summed E-state index contributed by atoms with van der Waals surface area (Å²) in [5.41, 5.74) is 0.489. The number of hydrogen-bond acceptors (Lipinski definition) is 5. The van der Waals surface area contributed by atoms with Crippen LogP contribution in [-0.4, -0.2) is 48.0 Å². The van der Waals surface area contributed by atoms with Crippen LogP contribution in [0.25, 0.3) is 0 Å². The Balaban J connectivity index is 2.01. The molecule has 6 nitrogen and oxygen atoms in total. The molecule has 1 aromatic carbocycles. The van der Waals surface area contributed by atoms with E-state index in [9.17, 15) is 9.59 Å². The second kappa shape index (κ2) is 10.1. The molecule has 1 aromatic heterocycles. The van der Waals surface area contributed by atoms with Crippen LogP contribution in [0, 0.1) is 0 Å². The van der Waals surface area contributed by atoms with Gasteiger partial charge in [0, 0.05) is 41.9 Å². The number of nitrogens with one attached hydrogen (secondary N) is 1. The lowest BCUT2D eigenvalue weighted by atomic mass is 10.2. The van der Waals surface area contributed by atoms with E-state index in [0.29, 0.717) is 41.9 Å². The summed E-state index contributed by atoms with van der Waals surface area (Å²) in [6, 6.07) is 6.61. The summed E-state index contributed by atoms with van der Waals surface area (Å²) in [5.74, 6) is -0.504. The third-order valence-corrected chi connectivity index (χ3v) is 4.25. The van der Waals surface area contributed by atoms with E-state index in [0.717, 1.165) is 0 Å². The van der Waals surface area contributed by atoms with Gasteiger partial charge in [0.2, 0.25) is 5.91 Å². The van der Waals surface area contributed by atoms with Gasteiger partial charge in [0.15, 0.2) is 5.13 Å². The molecule has 1 heterocycles. The molecule has 2 amide bonds. The standard InChI is InChI=1S/C17H20ClN3O3S/c1-2-24-10-3-9-21(12-15(22)20-17-19-8-11-25-17)16(23)13-4-6-14(18)7-5-13/h4-8,11H,2-3,9-10,12H2,1H3,(H,19,20,22). The Morgan fingerprint density at radius 1 is 1.32 bits per heavy atom. The van der Waals surface area contributed by atoms with Crippen LogP contribution in [0.3, 0.4) is 0 Å². The van der Waals surface area contributed by atoms with Crippen LogP contribution in [0.1, 0.15) is 23.7 Å². The van der Waals surface area contributed by atoms with E-state index in [1.807, 2.05) is 6.92 Å². The molecule has 2 aromatic rings. The average molecular weight is 382 g/mol. The van der Waals surface area contributed by atoms with Crippen molar-refractivity contribution in [3.8, 4) is 0 Å². The predicted octanol–water partition coefficient (Wildman–Crippen LogP) is 3.30. The van der Waals surface area contributed by atoms with Crippen molar-refractivity contribution in [2.45, 2.75) is 13.3 Å². The zero-order valence-electron chi connectivity index (χ0n) is 13.9. The van der Waals surface area contributed by atoms with Gasteiger partial charge in [-0.15, -0.1) is 11.3 Å². The molecule has 0 unspecified atom stereocenters. The topological polar surface area (TPSA) is 71.5 Å². The first-order valence-electron chi connectivity index (χ1n) is 7.92. The molecule has 0 saturated heterocycles. The highest BCUT2D eigenvalue weighted by Crippen LogP contribution is 2.13. The van der Waals surface area contributed by atoms with Gasteiger partial charge < -0.3 is 15.0 Å². The van der Waals surface area contributed by atoms with Gasteiger partial charge in [-0.05, 0) is 37.6 Å². The number of halogens is 1. The molecule has 1 N–H and O–H groups in total. The first kappa shape index (κ1) is 19.4. The summed E-state index contributed by atoms with van der Waals surface area (Å²) >= 11 is 7.19. The minimum atomic E-state index is -0.284. The van der Waals surface area contributed by atoms with Crippen molar-refractivity contribution in [1.29, 1.82) is 0 Å². The normalized spacial score (nSPS) is 10.5. The van der Waals surface area contributed by atoms with Gasteiger partial charge in [0.1, 0.15) is 6.54 Å². The summed E-state index contributed by atoms with van der Waals surface area (Å²) in [4.78, 5) is 30.4. The van der Waals surface area contributed by atoms with Crippen LogP contribution >= 0.6 is 22.9 Å². The highest BCUT2D eigenvalue weighted by molar-refractivity contribution is 7.13. The minimum Gasteiger partial charge on any atom is -0.382 e. The van der Waals surface area contributed by atoms with Gasteiger partial charge in [-0.25, -0.2) is 4.98 Å². The quantitative estimate of drug-likeness (QED) is 0.676. The lowest BCUT2D eigenvalue weighted by molar-refractivity contribution is -0.116. The number of ether oxygens (including phenoxy) is 1. The van der Waals surface area contributed by atoms with E-state index >= 15 is 0 Å². The summed E-state index contributed by atoms with van der Waals surface area (Å²) < 4.78 is 5.31. The zero-order chi connectivity index (χ0) is 18.1. The van der Waals surface area contributed by atoms with Gasteiger partial charge in [-0.2, -0.15) is 0 Å².